The Kier molecular flexibility index (Phi) is 10.6. The highest BCUT2D eigenvalue weighted by Crippen LogP contribution is 2.52. The SMILES string of the molecule is CC1(C)c2ccccc2-c2ccc(-c3ccc(N(c4ccccc4)c4ccc5c(c4)c(-c4ccc6ccccc6c4)c(-c4ccc6ccccc6c4)c4cc(-c6cc7ccccc7cc6-c6ccccc6)ccc45)cc3)cc21. The van der Waals surface area contributed by atoms with Gasteiger partial charge in [0.2, 0.25) is 0 Å². The fourth-order valence-electron chi connectivity index (χ4n) is 12.9. The summed E-state index contributed by atoms with van der Waals surface area (Å²) in [5, 5.41) is 12.2. The van der Waals surface area contributed by atoms with Gasteiger partial charge in [-0.1, -0.05) is 226 Å². The van der Waals surface area contributed by atoms with Crippen molar-refractivity contribution < 1.29 is 0 Å². The third kappa shape index (κ3) is 7.53. The maximum atomic E-state index is 2.48. The van der Waals surface area contributed by atoms with Crippen LogP contribution in [0.3, 0.4) is 0 Å². The molecule has 1 heteroatoms. The number of anilines is 3. The predicted molar refractivity (Wildman–Crippen MR) is 333 cm³/mol. The standard InChI is InChI=1S/C77H53N/c1-77(2)73-28-16-15-27-67(73)68-41-35-58(48-74(68)77)52-33-37-63(38-34-52)78(62-25-7-4-8-26-62)64-39-42-66-65-40-36-59(70-46-57-24-14-13-23-56(57)45-69(70)53-19-5-3-6-20-53)47-71(65)75(60-31-29-50-17-9-11-21-54(50)43-60)76(72(66)49-64)61-32-30-51-18-10-12-22-55(51)44-61/h3-49H,1-2H3. The Morgan fingerprint density at radius 1 is 0.231 bits per heavy atom. The average molecular weight is 992 g/mol. The fourth-order valence-corrected chi connectivity index (χ4v) is 12.9. The van der Waals surface area contributed by atoms with E-state index < -0.39 is 0 Å². The molecule has 1 aliphatic carbocycles. The molecule has 0 atom stereocenters. The molecule has 14 aromatic carbocycles. The molecule has 78 heavy (non-hydrogen) atoms. The minimum Gasteiger partial charge on any atom is -0.310 e. The van der Waals surface area contributed by atoms with Crippen molar-refractivity contribution >= 4 is 70.9 Å². The van der Waals surface area contributed by atoms with Crippen molar-refractivity contribution in [2.75, 3.05) is 4.90 Å². The van der Waals surface area contributed by atoms with Crippen LogP contribution in [0.25, 0.3) is 121 Å². The summed E-state index contributed by atoms with van der Waals surface area (Å²) in [4.78, 5) is 2.42. The number of hydrogen-bond donors (Lipinski definition) is 0. The van der Waals surface area contributed by atoms with Gasteiger partial charge in [0.05, 0.1) is 0 Å². The van der Waals surface area contributed by atoms with Crippen molar-refractivity contribution in [2.45, 2.75) is 19.3 Å². The van der Waals surface area contributed by atoms with Crippen molar-refractivity contribution in [3.8, 4) is 66.8 Å². The van der Waals surface area contributed by atoms with Crippen LogP contribution in [0.2, 0.25) is 0 Å². The molecule has 0 aliphatic heterocycles. The lowest BCUT2D eigenvalue weighted by Crippen LogP contribution is -2.14. The predicted octanol–water partition coefficient (Wildman–Crippen LogP) is 21.6. The van der Waals surface area contributed by atoms with Crippen molar-refractivity contribution in [3.63, 3.8) is 0 Å². The van der Waals surface area contributed by atoms with Gasteiger partial charge in [0.1, 0.15) is 0 Å². The Hall–Kier alpha value is -9.82. The maximum Gasteiger partial charge on any atom is 0.0468 e. The minimum atomic E-state index is -0.0708. The molecule has 14 aromatic rings. The molecule has 0 bridgehead atoms. The smallest absolute Gasteiger partial charge is 0.0468 e. The normalized spacial score (nSPS) is 12.6. The van der Waals surface area contributed by atoms with Gasteiger partial charge in [0.25, 0.3) is 0 Å². The van der Waals surface area contributed by atoms with Crippen molar-refractivity contribution in [3.05, 3.63) is 296 Å². The molecule has 0 saturated carbocycles. The van der Waals surface area contributed by atoms with Crippen LogP contribution in [0.4, 0.5) is 17.1 Å². The van der Waals surface area contributed by atoms with E-state index in [-0.39, 0.29) is 5.41 Å². The van der Waals surface area contributed by atoms with Gasteiger partial charge in [0.15, 0.2) is 0 Å². The summed E-state index contributed by atoms with van der Waals surface area (Å²) in [6, 6.07) is 106. The van der Waals surface area contributed by atoms with E-state index in [2.05, 4.69) is 304 Å². The molecule has 0 unspecified atom stereocenters. The molecule has 1 nitrogen and oxygen atoms in total. The third-order valence-electron chi connectivity index (χ3n) is 16.8. The van der Waals surface area contributed by atoms with Crippen molar-refractivity contribution in [2.24, 2.45) is 0 Å². The van der Waals surface area contributed by atoms with Crippen LogP contribution in [0.15, 0.2) is 285 Å². The highest BCUT2D eigenvalue weighted by molar-refractivity contribution is 6.23. The monoisotopic (exact) mass is 991 g/mol. The van der Waals surface area contributed by atoms with Gasteiger partial charge in [-0.3, -0.25) is 0 Å². The number of nitrogens with zero attached hydrogens (tertiary/aromatic N) is 1. The molecule has 15 rings (SSSR count). The lowest BCUT2D eigenvalue weighted by molar-refractivity contribution is 0.660. The highest BCUT2D eigenvalue weighted by Gasteiger charge is 2.35. The first-order chi connectivity index (χ1) is 38.4. The van der Waals surface area contributed by atoms with Gasteiger partial charge in [-0.2, -0.15) is 0 Å². The topological polar surface area (TPSA) is 3.24 Å². The zero-order chi connectivity index (χ0) is 51.9. The van der Waals surface area contributed by atoms with Gasteiger partial charge < -0.3 is 4.90 Å². The second-order valence-electron chi connectivity index (χ2n) is 21.6. The molecule has 0 amide bonds. The lowest BCUT2D eigenvalue weighted by Gasteiger charge is -2.27. The lowest BCUT2D eigenvalue weighted by atomic mass is 9.81. The second-order valence-corrected chi connectivity index (χ2v) is 21.6. The summed E-state index contributed by atoms with van der Waals surface area (Å²) in [5.74, 6) is 0. The molecule has 0 N–H and O–H groups in total. The quantitative estimate of drug-likeness (QED) is 0.137. The Morgan fingerprint density at radius 2 is 0.679 bits per heavy atom. The van der Waals surface area contributed by atoms with Crippen LogP contribution < -0.4 is 4.90 Å². The number of fused-ring (bicyclic) bond motifs is 9. The fraction of sp³-hybridized carbons (Fsp3) is 0.0390. The second kappa shape index (κ2) is 18.2. The summed E-state index contributed by atoms with van der Waals surface area (Å²) in [6.45, 7) is 4.71. The van der Waals surface area contributed by atoms with Crippen molar-refractivity contribution in [1.29, 1.82) is 0 Å². The minimum absolute atomic E-state index is 0.0708. The van der Waals surface area contributed by atoms with Gasteiger partial charge in [-0.15, -0.1) is 0 Å². The summed E-state index contributed by atoms with van der Waals surface area (Å²) < 4.78 is 0. The number of para-hydroxylation sites is 1. The first kappa shape index (κ1) is 45.6. The number of rotatable bonds is 8. The van der Waals surface area contributed by atoms with E-state index in [0.29, 0.717) is 0 Å². The molecular formula is C77H53N. The Balaban J connectivity index is 0.970. The van der Waals surface area contributed by atoms with E-state index in [1.807, 2.05) is 0 Å². The van der Waals surface area contributed by atoms with Crippen LogP contribution in [0.1, 0.15) is 25.0 Å². The molecule has 366 valence electrons. The van der Waals surface area contributed by atoms with Gasteiger partial charge in [-0.05, 0) is 205 Å². The summed E-state index contributed by atoms with van der Waals surface area (Å²) in [5.41, 5.74) is 20.7. The van der Waals surface area contributed by atoms with Crippen LogP contribution in [-0.2, 0) is 5.41 Å². The molecule has 0 spiro atoms. The van der Waals surface area contributed by atoms with Crippen LogP contribution in [0.5, 0.6) is 0 Å². The molecule has 0 aromatic heterocycles. The first-order valence-electron chi connectivity index (χ1n) is 27.2. The number of hydrogen-bond acceptors (Lipinski definition) is 1. The Labute approximate surface area is 455 Å². The van der Waals surface area contributed by atoms with Gasteiger partial charge in [-0.25, -0.2) is 0 Å². The average Bonchev–Trinajstić information content (AvgIpc) is 3.83. The summed E-state index contributed by atoms with van der Waals surface area (Å²) >= 11 is 0. The van der Waals surface area contributed by atoms with Crippen LogP contribution >= 0.6 is 0 Å². The highest BCUT2D eigenvalue weighted by atomic mass is 15.1. The Morgan fingerprint density at radius 3 is 1.32 bits per heavy atom. The van der Waals surface area contributed by atoms with Gasteiger partial charge >= 0.3 is 0 Å². The van der Waals surface area contributed by atoms with Crippen LogP contribution in [-0.4, -0.2) is 0 Å². The third-order valence-corrected chi connectivity index (χ3v) is 16.8. The van der Waals surface area contributed by atoms with E-state index in [4.69, 9.17) is 0 Å². The van der Waals surface area contributed by atoms with Crippen molar-refractivity contribution in [1.82, 2.24) is 0 Å². The van der Waals surface area contributed by atoms with E-state index in [1.165, 1.54) is 132 Å². The molecule has 1 aliphatic rings. The van der Waals surface area contributed by atoms with Crippen LogP contribution in [0, 0.1) is 0 Å². The molecule has 0 radical (unpaired) electrons. The zero-order valence-electron chi connectivity index (χ0n) is 43.6. The summed E-state index contributed by atoms with van der Waals surface area (Å²) in [6.07, 6.45) is 0. The first-order valence-corrected chi connectivity index (χ1v) is 27.2. The van der Waals surface area contributed by atoms with E-state index in [1.54, 1.807) is 0 Å². The maximum absolute atomic E-state index is 2.48. The van der Waals surface area contributed by atoms with E-state index >= 15 is 0 Å². The van der Waals surface area contributed by atoms with E-state index in [9.17, 15) is 0 Å². The Bertz CT molecular complexity index is 4680. The molecular weight excluding hydrogens is 939 g/mol. The molecule has 0 heterocycles. The van der Waals surface area contributed by atoms with E-state index in [0.717, 1.165) is 17.1 Å². The zero-order valence-corrected chi connectivity index (χ0v) is 43.6. The largest absolute Gasteiger partial charge is 0.310 e. The van der Waals surface area contributed by atoms with Gasteiger partial charge in [0, 0.05) is 22.5 Å². The molecule has 0 fully saturated rings. The molecule has 0 saturated heterocycles. The summed E-state index contributed by atoms with van der Waals surface area (Å²) in [7, 11) is 0. The number of benzene rings is 14.